The molecule has 78 valence electrons. The molecule has 0 unspecified atom stereocenters. The lowest BCUT2D eigenvalue weighted by molar-refractivity contribution is 0.0528. The van der Waals surface area contributed by atoms with Crippen LogP contribution < -0.4 is 0 Å². The summed E-state index contributed by atoms with van der Waals surface area (Å²) < 4.78 is 4.92. The molecule has 0 fully saturated rings. The Kier molecular flexibility index (Phi) is 2.60. The van der Waals surface area contributed by atoms with Crippen molar-refractivity contribution in [2.45, 2.75) is 6.92 Å². The maximum Gasteiger partial charge on any atom is 0.338 e. The molecular formula is C10H9ClN2O2. The molecule has 0 radical (unpaired) electrons. The predicted molar refractivity (Wildman–Crippen MR) is 57.1 cm³/mol. The number of fused-ring (bicyclic) bond motifs is 1. The molecule has 0 amide bonds. The maximum atomic E-state index is 11.6. The Morgan fingerprint density at radius 3 is 3.13 bits per heavy atom. The van der Waals surface area contributed by atoms with E-state index in [4.69, 9.17) is 16.3 Å². The molecule has 1 aromatic heterocycles. The van der Waals surface area contributed by atoms with Crippen molar-refractivity contribution in [3.63, 3.8) is 0 Å². The molecule has 1 N–H and O–H groups in total. The minimum Gasteiger partial charge on any atom is -0.462 e. The van der Waals surface area contributed by atoms with E-state index in [2.05, 4.69) is 10.2 Å². The summed E-state index contributed by atoms with van der Waals surface area (Å²) in [5.41, 5.74) is 1.10. The number of carbonyl (C=O) groups excluding carboxylic acids is 1. The number of hydrogen-bond donors (Lipinski definition) is 1. The highest BCUT2D eigenvalue weighted by Gasteiger charge is 2.14. The fourth-order valence-electron chi connectivity index (χ4n) is 1.41. The molecule has 0 spiro atoms. The van der Waals surface area contributed by atoms with Gasteiger partial charge in [0.15, 0.2) is 0 Å². The monoisotopic (exact) mass is 224 g/mol. The minimum absolute atomic E-state index is 0.338. The summed E-state index contributed by atoms with van der Waals surface area (Å²) in [6, 6.07) is 5.19. The van der Waals surface area contributed by atoms with E-state index in [1.165, 1.54) is 0 Å². The third kappa shape index (κ3) is 1.68. The fourth-order valence-corrected chi connectivity index (χ4v) is 1.65. The molecule has 0 aliphatic rings. The summed E-state index contributed by atoms with van der Waals surface area (Å²) in [5, 5.41) is 7.54. The molecule has 0 atom stereocenters. The van der Waals surface area contributed by atoms with Crippen LogP contribution in [0.4, 0.5) is 0 Å². The molecule has 0 bridgehead atoms. The van der Waals surface area contributed by atoms with Gasteiger partial charge < -0.3 is 4.74 Å². The van der Waals surface area contributed by atoms with Crippen LogP contribution in [0.3, 0.4) is 0 Å². The van der Waals surface area contributed by atoms with Gasteiger partial charge in [-0.15, -0.1) is 0 Å². The summed E-state index contributed by atoms with van der Waals surface area (Å²) in [4.78, 5) is 11.6. The van der Waals surface area contributed by atoms with E-state index in [1.807, 2.05) is 0 Å². The van der Waals surface area contributed by atoms with E-state index in [-0.39, 0.29) is 5.97 Å². The average Bonchev–Trinajstić information content (AvgIpc) is 2.61. The number of H-pyrrole nitrogens is 1. The van der Waals surface area contributed by atoms with Crippen molar-refractivity contribution in [1.29, 1.82) is 0 Å². The summed E-state index contributed by atoms with van der Waals surface area (Å²) in [7, 11) is 0. The molecule has 2 rings (SSSR count). The first-order chi connectivity index (χ1) is 7.24. The summed E-state index contributed by atoms with van der Waals surface area (Å²) >= 11 is 5.90. The number of halogens is 1. The van der Waals surface area contributed by atoms with E-state index in [0.29, 0.717) is 28.2 Å². The van der Waals surface area contributed by atoms with Gasteiger partial charge in [0, 0.05) is 0 Å². The van der Waals surface area contributed by atoms with Gasteiger partial charge in [-0.2, -0.15) is 5.10 Å². The average molecular weight is 225 g/mol. The first kappa shape index (κ1) is 9.98. The number of esters is 1. The van der Waals surface area contributed by atoms with E-state index in [9.17, 15) is 4.79 Å². The number of nitrogens with zero attached hydrogens (tertiary/aromatic N) is 1. The van der Waals surface area contributed by atoms with Crippen molar-refractivity contribution in [2.24, 2.45) is 0 Å². The highest BCUT2D eigenvalue weighted by molar-refractivity contribution is 6.35. The van der Waals surface area contributed by atoms with Gasteiger partial charge >= 0.3 is 5.97 Å². The van der Waals surface area contributed by atoms with Gasteiger partial charge in [-0.3, -0.25) is 5.10 Å². The quantitative estimate of drug-likeness (QED) is 0.797. The zero-order valence-corrected chi connectivity index (χ0v) is 8.84. The number of benzene rings is 1. The fraction of sp³-hybridized carbons (Fsp3) is 0.200. The number of ether oxygens (including phenoxy) is 1. The lowest BCUT2D eigenvalue weighted by atomic mass is 10.1. The number of carbonyl (C=O) groups is 1. The van der Waals surface area contributed by atoms with Crippen LogP contribution in [0.2, 0.25) is 5.15 Å². The number of aromatic amines is 1. The van der Waals surface area contributed by atoms with Crippen LogP contribution in [-0.4, -0.2) is 22.8 Å². The van der Waals surface area contributed by atoms with Crippen molar-refractivity contribution >= 4 is 28.5 Å². The van der Waals surface area contributed by atoms with E-state index in [1.54, 1.807) is 25.1 Å². The van der Waals surface area contributed by atoms with Crippen molar-refractivity contribution in [3.05, 3.63) is 28.9 Å². The molecule has 0 aliphatic heterocycles. The van der Waals surface area contributed by atoms with Gasteiger partial charge in [-0.25, -0.2) is 4.79 Å². The predicted octanol–water partition coefficient (Wildman–Crippen LogP) is 2.39. The van der Waals surface area contributed by atoms with Gasteiger partial charge in [0.1, 0.15) is 5.15 Å². The number of rotatable bonds is 2. The first-order valence-electron chi connectivity index (χ1n) is 4.53. The maximum absolute atomic E-state index is 11.6. The van der Waals surface area contributed by atoms with Crippen LogP contribution in [-0.2, 0) is 4.74 Å². The van der Waals surface area contributed by atoms with Crippen LogP contribution in [0.5, 0.6) is 0 Å². The Hall–Kier alpha value is -1.55. The van der Waals surface area contributed by atoms with Crippen molar-refractivity contribution in [3.8, 4) is 0 Å². The van der Waals surface area contributed by atoms with Crippen LogP contribution in [0.15, 0.2) is 18.2 Å². The number of aromatic nitrogens is 2. The highest BCUT2D eigenvalue weighted by Crippen LogP contribution is 2.24. The summed E-state index contributed by atoms with van der Waals surface area (Å²) in [6.45, 7) is 2.10. The van der Waals surface area contributed by atoms with Crippen molar-refractivity contribution in [2.75, 3.05) is 6.61 Å². The topological polar surface area (TPSA) is 55.0 Å². The van der Waals surface area contributed by atoms with Crippen LogP contribution in [0.25, 0.3) is 10.9 Å². The van der Waals surface area contributed by atoms with Crippen LogP contribution in [0.1, 0.15) is 17.3 Å². The Bertz CT molecular complexity index is 507. The zero-order valence-electron chi connectivity index (χ0n) is 8.08. The molecule has 0 saturated carbocycles. The SMILES string of the molecule is CCOC(=O)c1cccc2n[nH]c(Cl)c12. The first-order valence-corrected chi connectivity index (χ1v) is 4.91. The smallest absolute Gasteiger partial charge is 0.338 e. The molecule has 1 heterocycles. The second-order valence-electron chi connectivity index (χ2n) is 2.96. The minimum atomic E-state index is -0.383. The second kappa shape index (κ2) is 3.90. The van der Waals surface area contributed by atoms with E-state index < -0.39 is 0 Å². The Balaban J connectivity index is 2.59. The molecule has 1 aromatic carbocycles. The third-order valence-electron chi connectivity index (χ3n) is 2.03. The van der Waals surface area contributed by atoms with Gasteiger partial charge in [-0.1, -0.05) is 17.7 Å². The number of nitrogens with one attached hydrogen (secondary N) is 1. The van der Waals surface area contributed by atoms with Gasteiger partial charge in [-0.05, 0) is 19.1 Å². The van der Waals surface area contributed by atoms with Crippen LogP contribution in [0, 0.1) is 0 Å². The van der Waals surface area contributed by atoms with E-state index >= 15 is 0 Å². The Morgan fingerprint density at radius 2 is 2.40 bits per heavy atom. The third-order valence-corrected chi connectivity index (χ3v) is 2.31. The Morgan fingerprint density at radius 1 is 1.60 bits per heavy atom. The number of hydrogen-bond acceptors (Lipinski definition) is 3. The molecule has 2 aromatic rings. The summed E-state index contributed by atoms with van der Waals surface area (Å²) in [5.74, 6) is -0.383. The van der Waals surface area contributed by atoms with Gasteiger partial charge in [0.05, 0.1) is 23.1 Å². The molecule has 0 saturated heterocycles. The summed E-state index contributed by atoms with van der Waals surface area (Å²) in [6.07, 6.45) is 0. The zero-order chi connectivity index (χ0) is 10.8. The lowest BCUT2D eigenvalue weighted by Gasteiger charge is -2.02. The molecule has 5 heteroatoms. The van der Waals surface area contributed by atoms with Crippen LogP contribution >= 0.6 is 11.6 Å². The molecule has 4 nitrogen and oxygen atoms in total. The van der Waals surface area contributed by atoms with Crippen molar-refractivity contribution < 1.29 is 9.53 Å². The van der Waals surface area contributed by atoms with Gasteiger partial charge in [0.2, 0.25) is 0 Å². The van der Waals surface area contributed by atoms with Crippen molar-refractivity contribution in [1.82, 2.24) is 10.2 Å². The highest BCUT2D eigenvalue weighted by atomic mass is 35.5. The molecular weight excluding hydrogens is 216 g/mol. The molecule has 15 heavy (non-hydrogen) atoms. The largest absolute Gasteiger partial charge is 0.462 e. The second-order valence-corrected chi connectivity index (χ2v) is 3.34. The lowest BCUT2D eigenvalue weighted by Crippen LogP contribution is -2.04. The Labute approximate surface area is 91.2 Å². The molecule has 0 aliphatic carbocycles. The van der Waals surface area contributed by atoms with Gasteiger partial charge in [0.25, 0.3) is 0 Å². The standard InChI is InChI=1S/C10H9ClN2O2/c1-2-15-10(14)6-4-3-5-7-8(6)9(11)13-12-7/h3-5H,2H2,1H3,(H,12,13). The normalized spacial score (nSPS) is 10.5. The van der Waals surface area contributed by atoms with E-state index in [0.717, 1.165) is 0 Å².